The van der Waals surface area contributed by atoms with Crippen molar-refractivity contribution in [2.45, 2.75) is 22.5 Å². The lowest BCUT2D eigenvalue weighted by Crippen LogP contribution is -2.33. The quantitative estimate of drug-likeness (QED) is 0.153. The molecular formula is C23H27FN3O8P2S3+. The molecule has 0 saturated carbocycles. The third-order valence-corrected chi connectivity index (χ3v) is 11.6. The van der Waals surface area contributed by atoms with E-state index in [0.717, 1.165) is 24.6 Å². The third kappa shape index (κ3) is 7.33. The van der Waals surface area contributed by atoms with E-state index in [1.807, 2.05) is 16.7 Å². The number of benzene rings is 2. The summed E-state index contributed by atoms with van der Waals surface area (Å²) in [5.74, 6) is 1.49. The van der Waals surface area contributed by atoms with E-state index in [1.165, 1.54) is 34.9 Å². The highest BCUT2D eigenvalue weighted by atomic mass is 32.2. The lowest BCUT2D eigenvalue weighted by molar-refractivity contribution is 0.143. The van der Waals surface area contributed by atoms with Crippen molar-refractivity contribution < 1.29 is 42.8 Å². The fourth-order valence-corrected chi connectivity index (χ4v) is 7.65. The molecule has 17 heteroatoms. The van der Waals surface area contributed by atoms with E-state index in [0.29, 0.717) is 20.6 Å². The van der Waals surface area contributed by atoms with Crippen molar-refractivity contribution >= 4 is 73.2 Å². The number of hydrogen-bond donors (Lipinski definition) is 5. The Labute approximate surface area is 244 Å². The van der Waals surface area contributed by atoms with Crippen molar-refractivity contribution in [3.8, 4) is 0 Å². The van der Waals surface area contributed by atoms with E-state index in [1.54, 1.807) is 24.3 Å². The van der Waals surface area contributed by atoms with Crippen LogP contribution in [-0.2, 0) is 20.3 Å². The Hall–Kier alpha value is -1.80. The van der Waals surface area contributed by atoms with Crippen LogP contribution in [0, 0.1) is 5.82 Å². The molecule has 0 aromatic heterocycles. The molecule has 0 bridgehead atoms. The minimum Gasteiger partial charge on any atom is -0.442 e. The van der Waals surface area contributed by atoms with Gasteiger partial charge < -0.3 is 29.8 Å². The summed E-state index contributed by atoms with van der Waals surface area (Å²) in [6.45, 7) is 1.98. The number of rotatable bonds is 9. The summed E-state index contributed by atoms with van der Waals surface area (Å²) in [7, 11) is -8.85. The number of cyclic esters (lactones) is 1. The molecule has 216 valence electrons. The number of nitrogens with one attached hydrogen (secondary N) is 1. The van der Waals surface area contributed by atoms with E-state index >= 15 is 0 Å². The number of carbonyl (C=O) groups is 1. The van der Waals surface area contributed by atoms with Crippen molar-refractivity contribution in [2.24, 2.45) is 0 Å². The van der Waals surface area contributed by atoms with E-state index in [9.17, 15) is 38.1 Å². The average Bonchev–Trinajstić information content (AvgIpc) is 3.28. The van der Waals surface area contributed by atoms with Gasteiger partial charge in [-0.05, 0) is 40.5 Å². The number of hydrogen-bond acceptors (Lipinski definition) is 9. The van der Waals surface area contributed by atoms with Crippen LogP contribution in [0.2, 0.25) is 0 Å². The second-order valence-corrected chi connectivity index (χ2v) is 15.5. The topological polar surface area (TPSA) is 160 Å². The Morgan fingerprint density at radius 1 is 1.25 bits per heavy atom. The van der Waals surface area contributed by atoms with Gasteiger partial charge in [0, 0.05) is 29.5 Å². The van der Waals surface area contributed by atoms with E-state index in [4.69, 9.17) is 17.0 Å². The van der Waals surface area contributed by atoms with Crippen molar-refractivity contribution in [3.63, 3.8) is 0 Å². The number of thiocarbonyl (C=S) groups is 1. The first kappa shape index (κ1) is 31.1. The summed E-state index contributed by atoms with van der Waals surface area (Å²) >= 11 is 8.35. The molecular weight excluding hydrogens is 623 g/mol. The molecule has 5 N–H and O–H groups in total. The summed E-state index contributed by atoms with van der Waals surface area (Å²) in [5.41, 5.74) is 1.17. The van der Waals surface area contributed by atoms with Gasteiger partial charge in [0.05, 0.1) is 30.9 Å². The number of thioether (sulfide) groups is 2. The lowest BCUT2D eigenvalue weighted by Gasteiger charge is -2.29. The molecule has 3 atom stereocenters. The molecule has 2 heterocycles. The Morgan fingerprint density at radius 2 is 1.93 bits per heavy atom. The predicted molar refractivity (Wildman–Crippen MR) is 157 cm³/mol. The first-order valence-electron chi connectivity index (χ1n) is 12.0. The maximum absolute atomic E-state index is 14.8. The molecule has 0 aliphatic carbocycles. The molecule has 2 unspecified atom stereocenters. The van der Waals surface area contributed by atoms with Gasteiger partial charge in [0.25, 0.3) is 0 Å². The van der Waals surface area contributed by atoms with Crippen molar-refractivity contribution in [1.82, 2.24) is 5.32 Å². The number of nitrogens with zero attached hydrogens (tertiary/aromatic N) is 2. The molecule has 2 aromatic carbocycles. The standard InChI is InChI=1S/C23H26FN3O8P2S3/c24-19-11-16(3-6-20(19)26-7-9-39-10-8-26)27-14-17(35-22(27)28)13-25-21(38)40-18-4-1-15(2-5-18)12-23(29,36(30)31)37(32,33)34/h1-6,11,17,29H,7-10,12-14H2,(H3-,25,30,31,32,33,34,38)/p+1/t17-,23?/m0/s1. The number of amides is 1. The van der Waals surface area contributed by atoms with Crippen LogP contribution in [0.15, 0.2) is 47.4 Å². The Balaban J connectivity index is 1.28. The van der Waals surface area contributed by atoms with Gasteiger partial charge in [0.15, 0.2) is 0 Å². The molecule has 2 aliphatic rings. The Morgan fingerprint density at radius 3 is 2.52 bits per heavy atom. The molecule has 40 heavy (non-hydrogen) atoms. The van der Waals surface area contributed by atoms with Crippen LogP contribution in [0.4, 0.5) is 20.6 Å². The Kier molecular flexibility index (Phi) is 10.1. The SMILES string of the molecule is O=C1O[C@@H](CNC(=S)Sc2ccc(CC(O)([P+](=O)O)P(=O)(O)O)cc2)CN1c1ccc(N2CCSCC2)c(F)c1. The second kappa shape index (κ2) is 13.0. The number of aliphatic hydroxyl groups is 1. The number of carbonyl (C=O) groups excluding carboxylic acids is 1. The van der Waals surface area contributed by atoms with Gasteiger partial charge in [-0.15, -0.1) is 0 Å². The van der Waals surface area contributed by atoms with E-state index < -0.39 is 39.3 Å². The summed E-state index contributed by atoms with van der Waals surface area (Å²) in [6.07, 6.45) is -1.83. The summed E-state index contributed by atoms with van der Waals surface area (Å²) in [4.78, 5) is 44.3. The van der Waals surface area contributed by atoms with Crippen LogP contribution < -0.4 is 15.1 Å². The van der Waals surface area contributed by atoms with Crippen LogP contribution in [0.3, 0.4) is 0 Å². The van der Waals surface area contributed by atoms with E-state index in [-0.39, 0.29) is 24.5 Å². The Bertz CT molecular complexity index is 1330. The van der Waals surface area contributed by atoms with Crippen molar-refractivity contribution in [2.75, 3.05) is 47.5 Å². The lowest BCUT2D eigenvalue weighted by atomic mass is 10.2. The maximum Gasteiger partial charge on any atom is 0.555 e. The van der Waals surface area contributed by atoms with Gasteiger partial charge in [-0.2, -0.15) is 16.7 Å². The van der Waals surface area contributed by atoms with Crippen LogP contribution in [0.25, 0.3) is 0 Å². The van der Waals surface area contributed by atoms with Gasteiger partial charge in [-0.3, -0.25) is 9.46 Å². The van der Waals surface area contributed by atoms with Crippen LogP contribution in [0.1, 0.15) is 5.56 Å². The number of anilines is 2. The van der Waals surface area contributed by atoms with Gasteiger partial charge in [0.2, 0.25) is 0 Å². The largest absolute Gasteiger partial charge is 0.555 e. The van der Waals surface area contributed by atoms with Crippen molar-refractivity contribution in [1.29, 1.82) is 0 Å². The fraction of sp³-hybridized carbons (Fsp3) is 0.391. The molecule has 2 aromatic rings. The molecule has 2 fully saturated rings. The molecule has 4 rings (SSSR count). The van der Waals surface area contributed by atoms with Crippen molar-refractivity contribution in [3.05, 3.63) is 53.8 Å². The normalized spacial score (nSPS) is 19.7. The monoisotopic (exact) mass is 650 g/mol. The zero-order valence-electron chi connectivity index (χ0n) is 20.9. The number of ether oxygens (including phenoxy) is 1. The molecule has 2 saturated heterocycles. The first-order valence-corrected chi connectivity index (χ1v) is 17.2. The van der Waals surface area contributed by atoms with Crippen LogP contribution in [-0.4, -0.2) is 79.1 Å². The predicted octanol–water partition coefficient (Wildman–Crippen LogP) is 3.47. The van der Waals surface area contributed by atoms with Gasteiger partial charge in [-0.1, -0.05) is 36.1 Å². The second-order valence-electron chi connectivity index (χ2n) is 9.03. The minimum absolute atomic E-state index is 0.211. The molecule has 11 nitrogen and oxygen atoms in total. The van der Waals surface area contributed by atoms with Gasteiger partial charge >= 0.3 is 26.8 Å². The highest BCUT2D eigenvalue weighted by Crippen LogP contribution is 2.61. The third-order valence-electron chi connectivity index (χ3n) is 6.29. The maximum atomic E-state index is 14.8. The van der Waals surface area contributed by atoms with Gasteiger partial charge in [-0.25, -0.2) is 9.18 Å². The van der Waals surface area contributed by atoms with Crippen LogP contribution in [0.5, 0.6) is 0 Å². The fourth-order valence-electron chi connectivity index (χ4n) is 4.13. The zero-order chi connectivity index (χ0) is 29.1. The zero-order valence-corrected chi connectivity index (χ0v) is 25.1. The highest BCUT2D eigenvalue weighted by molar-refractivity contribution is 8.23. The summed E-state index contributed by atoms with van der Waals surface area (Å²) in [6, 6.07) is 10.8. The average molecular weight is 651 g/mol. The first-order chi connectivity index (χ1) is 18.9. The van der Waals surface area contributed by atoms with Gasteiger partial charge in [0.1, 0.15) is 16.2 Å². The van der Waals surface area contributed by atoms with E-state index in [2.05, 4.69) is 5.32 Å². The molecule has 0 spiro atoms. The number of halogens is 1. The smallest absolute Gasteiger partial charge is 0.442 e. The van der Waals surface area contributed by atoms with Crippen LogP contribution >= 0.6 is 51.4 Å². The molecule has 1 amide bonds. The summed E-state index contributed by atoms with van der Waals surface area (Å²) < 4.78 is 43.5. The molecule has 0 radical (unpaired) electrons. The molecule has 2 aliphatic heterocycles. The summed E-state index contributed by atoms with van der Waals surface area (Å²) in [5, 5.41) is 9.99. The highest BCUT2D eigenvalue weighted by Gasteiger charge is 2.62. The minimum atomic E-state index is -5.28.